The van der Waals surface area contributed by atoms with Crippen molar-refractivity contribution in [2.45, 2.75) is 58.3 Å². The highest BCUT2D eigenvalue weighted by Gasteiger charge is 2.49. The fourth-order valence-electron chi connectivity index (χ4n) is 10.8. The van der Waals surface area contributed by atoms with E-state index in [1.807, 2.05) is 0 Å². The highest BCUT2D eigenvalue weighted by atomic mass is 16.3. The van der Waals surface area contributed by atoms with Gasteiger partial charge in [0, 0.05) is 43.7 Å². The van der Waals surface area contributed by atoms with Gasteiger partial charge in [-0.3, -0.25) is 0 Å². The molecule has 0 radical (unpaired) electrons. The zero-order valence-corrected chi connectivity index (χ0v) is 31.5. The lowest BCUT2D eigenvalue weighted by Gasteiger charge is -2.44. The smallest absolute Gasteiger partial charge is 0.376 e. The molecule has 264 valence electrons. The average Bonchev–Trinajstić information content (AvgIpc) is 3.94. The summed E-state index contributed by atoms with van der Waals surface area (Å²) in [5, 5.41) is 5.54. The van der Waals surface area contributed by atoms with Crippen molar-refractivity contribution in [1.82, 2.24) is 4.48 Å². The van der Waals surface area contributed by atoms with Gasteiger partial charge in [0.05, 0.1) is 16.9 Å². The molecular formula is C49H37BN2O3. The fourth-order valence-corrected chi connectivity index (χ4v) is 10.8. The van der Waals surface area contributed by atoms with Crippen LogP contribution in [0.15, 0.2) is 122 Å². The van der Waals surface area contributed by atoms with Crippen molar-refractivity contribution in [3.8, 4) is 11.1 Å². The number of rotatable bonds is 1. The van der Waals surface area contributed by atoms with Crippen LogP contribution in [-0.2, 0) is 10.8 Å². The van der Waals surface area contributed by atoms with Crippen LogP contribution in [0, 0.1) is 6.92 Å². The third-order valence-electron chi connectivity index (χ3n) is 13.5. The highest BCUT2D eigenvalue weighted by Crippen LogP contribution is 2.54. The number of hydrogen-bond acceptors (Lipinski definition) is 4. The molecule has 13 rings (SSSR count). The van der Waals surface area contributed by atoms with Crippen LogP contribution in [0.3, 0.4) is 0 Å². The summed E-state index contributed by atoms with van der Waals surface area (Å²) in [6.45, 7) is 11.7. The zero-order chi connectivity index (χ0) is 36.7. The Hall–Kier alpha value is -6.14. The van der Waals surface area contributed by atoms with Crippen molar-refractivity contribution in [2.75, 3.05) is 4.90 Å². The summed E-state index contributed by atoms with van der Waals surface area (Å²) in [4.78, 5) is 2.52. The van der Waals surface area contributed by atoms with Crippen LogP contribution in [0.25, 0.3) is 77.0 Å². The number of aromatic nitrogens is 1. The van der Waals surface area contributed by atoms with Gasteiger partial charge in [0.25, 0.3) is 0 Å². The molecule has 6 heteroatoms. The molecule has 6 aromatic carbocycles. The number of benzene rings is 6. The molecule has 0 unspecified atom stereocenters. The van der Waals surface area contributed by atoms with E-state index in [1.165, 1.54) is 50.9 Å². The van der Waals surface area contributed by atoms with Gasteiger partial charge in [0.2, 0.25) is 0 Å². The second-order valence-corrected chi connectivity index (χ2v) is 17.5. The maximum Gasteiger partial charge on any atom is 0.376 e. The Morgan fingerprint density at radius 1 is 0.545 bits per heavy atom. The molecule has 5 nitrogen and oxygen atoms in total. The summed E-state index contributed by atoms with van der Waals surface area (Å²) in [5.74, 6) is 0. The molecule has 3 aliphatic rings. The number of fused-ring (bicyclic) bond motifs is 16. The SMILES string of the molecule is Cc1cc2c(cc1N1c3c(oc4ccccc34)B3c4c(cc5c(oc6ccccc65)c41)-c1cccc4c5oc6ccccc6c5n3c14)C(C)(C)CCC2(C)C. The Morgan fingerprint density at radius 3 is 1.93 bits per heavy atom. The van der Waals surface area contributed by atoms with Gasteiger partial charge < -0.3 is 22.6 Å². The fraction of sp³-hybridized carbons (Fsp3) is 0.184. The summed E-state index contributed by atoms with van der Waals surface area (Å²) in [5.41, 5.74) is 18.8. The first-order chi connectivity index (χ1) is 26.7. The molecule has 0 atom stereocenters. The van der Waals surface area contributed by atoms with E-state index in [2.05, 4.69) is 153 Å². The average molecular weight is 713 g/mol. The molecule has 0 spiro atoms. The molecular weight excluding hydrogens is 675 g/mol. The highest BCUT2D eigenvalue weighted by molar-refractivity contribution is 6.90. The van der Waals surface area contributed by atoms with E-state index >= 15 is 0 Å². The Kier molecular flexibility index (Phi) is 5.35. The van der Waals surface area contributed by atoms with Gasteiger partial charge in [-0.1, -0.05) is 88.4 Å². The Labute approximate surface area is 317 Å². The summed E-state index contributed by atoms with van der Waals surface area (Å²) in [6.07, 6.45) is 2.31. The lowest BCUT2D eigenvalue weighted by Crippen LogP contribution is -2.56. The van der Waals surface area contributed by atoms with Crippen molar-refractivity contribution in [3.63, 3.8) is 0 Å². The molecule has 0 saturated carbocycles. The van der Waals surface area contributed by atoms with Gasteiger partial charge in [0.1, 0.15) is 22.4 Å². The molecule has 10 aromatic rings. The molecule has 6 heterocycles. The van der Waals surface area contributed by atoms with Crippen LogP contribution in [0.5, 0.6) is 0 Å². The van der Waals surface area contributed by atoms with Gasteiger partial charge in [0.15, 0.2) is 11.2 Å². The lowest BCUT2D eigenvalue weighted by molar-refractivity contribution is 0.332. The van der Waals surface area contributed by atoms with E-state index in [-0.39, 0.29) is 17.7 Å². The molecule has 0 fully saturated rings. The first kappa shape index (κ1) is 30.2. The van der Waals surface area contributed by atoms with E-state index in [0.29, 0.717) is 0 Å². The number of hydrogen-bond donors (Lipinski definition) is 0. The van der Waals surface area contributed by atoms with Crippen LogP contribution < -0.4 is 16.0 Å². The van der Waals surface area contributed by atoms with Crippen molar-refractivity contribution in [1.29, 1.82) is 0 Å². The van der Waals surface area contributed by atoms with Crippen LogP contribution in [-0.4, -0.2) is 11.3 Å². The van der Waals surface area contributed by atoms with Gasteiger partial charge in [-0.05, 0) is 107 Å². The monoisotopic (exact) mass is 712 g/mol. The van der Waals surface area contributed by atoms with Crippen LogP contribution in [0.4, 0.5) is 17.1 Å². The lowest BCUT2D eigenvalue weighted by atomic mass is 9.47. The molecule has 4 aromatic heterocycles. The maximum atomic E-state index is 7.22. The van der Waals surface area contributed by atoms with Crippen molar-refractivity contribution < 1.29 is 13.3 Å². The van der Waals surface area contributed by atoms with E-state index in [1.54, 1.807) is 0 Å². The maximum absolute atomic E-state index is 7.22. The van der Waals surface area contributed by atoms with Crippen molar-refractivity contribution >= 4 is 101 Å². The minimum Gasteiger partial charge on any atom is -0.466 e. The van der Waals surface area contributed by atoms with Gasteiger partial charge in [-0.15, -0.1) is 0 Å². The van der Waals surface area contributed by atoms with E-state index in [4.69, 9.17) is 13.3 Å². The van der Waals surface area contributed by atoms with Crippen LogP contribution >= 0.6 is 0 Å². The van der Waals surface area contributed by atoms with Crippen molar-refractivity contribution in [3.05, 3.63) is 126 Å². The molecule has 2 aliphatic heterocycles. The van der Waals surface area contributed by atoms with E-state index in [9.17, 15) is 0 Å². The predicted octanol–water partition coefficient (Wildman–Crippen LogP) is 12.3. The topological polar surface area (TPSA) is 47.6 Å². The largest absolute Gasteiger partial charge is 0.466 e. The summed E-state index contributed by atoms with van der Waals surface area (Å²) < 4.78 is 23.6. The second kappa shape index (κ2) is 9.74. The first-order valence-corrected chi connectivity index (χ1v) is 19.6. The number of furan rings is 3. The Morgan fingerprint density at radius 2 is 1.16 bits per heavy atom. The van der Waals surface area contributed by atoms with Gasteiger partial charge in [-0.2, -0.15) is 0 Å². The number of aryl methyl sites for hydroxylation is 1. The molecule has 1 aliphatic carbocycles. The minimum absolute atomic E-state index is 0.0291. The Balaban J connectivity index is 1.26. The minimum atomic E-state index is -0.273. The molecule has 0 amide bonds. The molecule has 0 bridgehead atoms. The quantitative estimate of drug-likeness (QED) is 0.159. The van der Waals surface area contributed by atoms with Gasteiger partial charge >= 0.3 is 6.85 Å². The molecule has 0 saturated heterocycles. The standard InChI is InChI=1S/C49H37BN2O3/c1-26-23-34-35(49(4,5)22-21-48(34,2)3)25-36(26)51-43-30-15-8-11-20-39(30)55-47(43)50-40-32(24-33-27-13-6-9-18-37(27)53-46(33)44(40)51)28-16-12-17-31-41(28)52(50)42-29-14-7-10-19-38(29)54-45(31)42/h6-20,23-25H,21-22H2,1-5H3. The van der Waals surface area contributed by atoms with Crippen LogP contribution in [0.1, 0.15) is 57.2 Å². The molecule has 55 heavy (non-hydrogen) atoms. The van der Waals surface area contributed by atoms with Crippen LogP contribution in [0.2, 0.25) is 0 Å². The summed E-state index contributed by atoms with van der Waals surface area (Å²) in [6, 6.07) is 39.5. The molecule has 0 N–H and O–H groups in total. The zero-order valence-electron chi connectivity index (χ0n) is 31.5. The summed E-state index contributed by atoms with van der Waals surface area (Å²) in [7, 11) is 0. The van der Waals surface area contributed by atoms with E-state index < -0.39 is 0 Å². The number of para-hydroxylation sites is 4. The number of nitrogens with zero attached hydrogens (tertiary/aromatic N) is 2. The predicted molar refractivity (Wildman–Crippen MR) is 227 cm³/mol. The number of anilines is 3. The third-order valence-corrected chi connectivity index (χ3v) is 13.5. The first-order valence-electron chi connectivity index (χ1n) is 19.6. The Bertz CT molecular complexity index is 3370. The van der Waals surface area contributed by atoms with Gasteiger partial charge in [-0.25, -0.2) is 0 Å². The second-order valence-electron chi connectivity index (χ2n) is 17.5. The third kappa shape index (κ3) is 3.57. The summed E-state index contributed by atoms with van der Waals surface area (Å²) >= 11 is 0. The van der Waals surface area contributed by atoms with E-state index in [0.717, 1.165) is 83.8 Å². The van der Waals surface area contributed by atoms with Crippen molar-refractivity contribution in [2.24, 2.45) is 0 Å². The normalized spacial score (nSPS) is 16.5.